The molecule has 0 spiro atoms. The summed E-state index contributed by atoms with van der Waals surface area (Å²) in [6.45, 7) is 3.14. The minimum atomic E-state index is -4.27. The fourth-order valence-electron chi connectivity index (χ4n) is 3.12. The molecule has 2 aromatic heterocycles. The first kappa shape index (κ1) is 23.2. The fraction of sp³-hybridized carbons (Fsp3) is 0.625. The molecule has 0 radical (unpaired) electrons. The van der Waals surface area contributed by atoms with Crippen molar-refractivity contribution in [1.29, 1.82) is 0 Å². The van der Waals surface area contributed by atoms with Crippen LogP contribution in [0.2, 0.25) is 0 Å². The largest absolute Gasteiger partial charge is 0.387 e. The van der Waals surface area contributed by atoms with Crippen LogP contribution >= 0.6 is 0 Å². The van der Waals surface area contributed by atoms with Crippen LogP contribution in [0.3, 0.4) is 0 Å². The van der Waals surface area contributed by atoms with Gasteiger partial charge in [-0.15, -0.1) is 0 Å². The van der Waals surface area contributed by atoms with Gasteiger partial charge >= 0.3 is 10.2 Å². The number of ether oxygens (including phenoxy) is 1. The standard InChI is InChI=1S/C16H26N8O6S/c1-3-7(2)9(17)15(27)23-31(28,29)22-4-8-11(25)12(26)16(30-8)24-6-21-10-13(18)19-5-20-14(10)24/h5-9,11-12,16,22,25-26H,3-4,17H2,1-2H3,(H,23,27)(H2,18,19,20)/t7-,8-,9+,11-,12-,16+/m1/s1. The van der Waals surface area contributed by atoms with Crippen LogP contribution in [0.4, 0.5) is 5.82 Å². The van der Waals surface area contributed by atoms with Crippen LogP contribution < -0.4 is 20.9 Å². The molecule has 0 aromatic carbocycles. The number of amides is 1. The fourth-order valence-corrected chi connectivity index (χ4v) is 3.98. The molecule has 1 amide bonds. The van der Waals surface area contributed by atoms with E-state index in [0.717, 1.165) is 0 Å². The van der Waals surface area contributed by atoms with Crippen LogP contribution in [-0.2, 0) is 19.7 Å². The lowest BCUT2D eigenvalue weighted by Crippen LogP contribution is -2.51. The molecule has 31 heavy (non-hydrogen) atoms. The predicted octanol–water partition coefficient (Wildman–Crippen LogP) is -2.65. The first-order valence-corrected chi connectivity index (χ1v) is 11.1. The number of carbonyl (C=O) groups excluding carboxylic acids is 1. The molecule has 0 bridgehead atoms. The number of nitrogens with two attached hydrogens (primary N) is 2. The maximum atomic E-state index is 12.2. The molecular weight excluding hydrogens is 432 g/mol. The van der Waals surface area contributed by atoms with Crippen LogP contribution in [0.1, 0.15) is 26.5 Å². The summed E-state index contributed by atoms with van der Waals surface area (Å²) >= 11 is 0. The van der Waals surface area contributed by atoms with Gasteiger partial charge < -0.3 is 26.4 Å². The van der Waals surface area contributed by atoms with Gasteiger partial charge in [-0.25, -0.2) is 19.7 Å². The lowest BCUT2D eigenvalue weighted by atomic mass is 10.00. The van der Waals surface area contributed by atoms with Crippen molar-refractivity contribution in [2.75, 3.05) is 12.3 Å². The number of fused-ring (bicyclic) bond motifs is 1. The van der Waals surface area contributed by atoms with Crippen LogP contribution in [-0.4, -0.2) is 75.0 Å². The maximum absolute atomic E-state index is 12.2. The number of aliphatic hydroxyl groups is 2. The Morgan fingerprint density at radius 3 is 2.71 bits per heavy atom. The Balaban J connectivity index is 1.66. The molecule has 1 aliphatic rings. The Kier molecular flexibility index (Phi) is 6.73. The molecule has 0 saturated carbocycles. The molecule has 3 rings (SSSR count). The zero-order chi connectivity index (χ0) is 22.9. The summed E-state index contributed by atoms with van der Waals surface area (Å²) in [5.41, 5.74) is 12.0. The number of aliphatic hydroxyl groups excluding tert-OH is 2. The predicted molar refractivity (Wildman–Crippen MR) is 108 cm³/mol. The summed E-state index contributed by atoms with van der Waals surface area (Å²) in [7, 11) is -4.27. The van der Waals surface area contributed by atoms with Crippen molar-refractivity contribution < 1.29 is 28.2 Å². The lowest BCUT2D eigenvalue weighted by Gasteiger charge is -2.19. The number of hydrogen-bond donors (Lipinski definition) is 6. The zero-order valence-electron chi connectivity index (χ0n) is 16.9. The topological polar surface area (TPSA) is 221 Å². The van der Waals surface area contributed by atoms with Crippen molar-refractivity contribution >= 4 is 33.1 Å². The third kappa shape index (κ3) is 4.76. The number of aromatic nitrogens is 4. The van der Waals surface area contributed by atoms with Gasteiger partial charge in [0.2, 0.25) is 0 Å². The van der Waals surface area contributed by atoms with Gasteiger partial charge in [0.25, 0.3) is 5.91 Å². The summed E-state index contributed by atoms with van der Waals surface area (Å²) in [5, 5.41) is 20.7. The molecule has 0 aliphatic carbocycles. The molecule has 3 heterocycles. The minimum Gasteiger partial charge on any atom is -0.387 e. The average Bonchev–Trinajstić information content (AvgIpc) is 3.27. The Morgan fingerprint density at radius 1 is 1.32 bits per heavy atom. The molecule has 1 fully saturated rings. The van der Waals surface area contributed by atoms with Gasteiger partial charge in [-0.05, 0) is 5.92 Å². The van der Waals surface area contributed by atoms with E-state index < -0.39 is 53.2 Å². The van der Waals surface area contributed by atoms with Crippen LogP contribution in [0.5, 0.6) is 0 Å². The highest BCUT2D eigenvalue weighted by Crippen LogP contribution is 2.31. The van der Waals surface area contributed by atoms with Crippen molar-refractivity contribution in [3.8, 4) is 0 Å². The molecule has 1 aliphatic heterocycles. The lowest BCUT2D eigenvalue weighted by molar-refractivity contribution is -0.121. The second-order valence-electron chi connectivity index (χ2n) is 7.36. The highest BCUT2D eigenvalue weighted by molar-refractivity contribution is 7.88. The molecule has 172 valence electrons. The summed E-state index contributed by atoms with van der Waals surface area (Å²) in [5.74, 6) is -0.934. The van der Waals surface area contributed by atoms with Crippen LogP contribution in [0.15, 0.2) is 12.7 Å². The first-order chi connectivity index (χ1) is 14.6. The zero-order valence-corrected chi connectivity index (χ0v) is 17.7. The molecular formula is C16H26N8O6S. The third-order valence-electron chi connectivity index (χ3n) is 5.27. The number of imidazole rings is 1. The van der Waals surface area contributed by atoms with Gasteiger partial charge in [-0.3, -0.25) is 9.36 Å². The molecule has 2 aromatic rings. The van der Waals surface area contributed by atoms with E-state index in [1.807, 2.05) is 11.6 Å². The molecule has 14 nitrogen and oxygen atoms in total. The van der Waals surface area contributed by atoms with Gasteiger partial charge in [0, 0.05) is 6.54 Å². The van der Waals surface area contributed by atoms with E-state index in [0.29, 0.717) is 6.42 Å². The summed E-state index contributed by atoms with van der Waals surface area (Å²) in [6.07, 6.45) is -1.92. The molecule has 1 saturated heterocycles. The van der Waals surface area contributed by atoms with Gasteiger partial charge in [0.1, 0.15) is 30.2 Å². The molecule has 15 heteroatoms. The van der Waals surface area contributed by atoms with E-state index in [2.05, 4.69) is 19.7 Å². The quantitative estimate of drug-likeness (QED) is 0.240. The number of rotatable bonds is 8. The number of nitrogens with one attached hydrogen (secondary N) is 2. The molecule has 8 N–H and O–H groups in total. The second-order valence-corrected chi connectivity index (χ2v) is 8.86. The second kappa shape index (κ2) is 8.97. The Hall–Kier alpha value is -2.43. The van der Waals surface area contributed by atoms with Crippen LogP contribution in [0.25, 0.3) is 11.2 Å². The van der Waals surface area contributed by atoms with Gasteiger partial charge in [-0.1, -0.05) is 20.3 Å². The van der Waals surface area contributed by atoms with Gasteiger partial charge in [-0.2, -0.15) is 13.1 Å². The van der Waals surface area contributed by atoms with Crippen molar-refractivity contribution in [3.05, 3.63) is 12.7 Å². The van der Waals surface area contributed by atoms with E-state index in [4.69, 9.17) is 16.2 Å². The summed E-state index contributed by atoms with van der Waals surface area (Å²) in [4.78, 5) is 24.0. The summed E-state index contributed by atoms with van der Waals surface area (Å²) in [6, 6.07) is -0.995. The highest BCUT2D eigenvalue weighted by Gasteiger charge is 2.44. The van der Waals surface area contributed by atoms with E-state index in [1.54, 1.807) is 6.92 Å². The minimum absolute atomic E-state index is 0.132. The SMILES string of the molecule is CC[C@@H](C)[C@H](N)C(=O)NS(=O)(=O)NC[C@H]1O[C@H](n2cnc3c(N)ncnc32)[C@H](O)[C@@H]1O. The number of anilines is 1. The third-order valence-corrected chi connectivity index (χ3v) is 6.28. The molecule has 0 unspecified atom stereocenters. The maximum Gasteiger partial charge on any atom is 0.301 e. The van der Waals surface area contributed by atoms with Gasteiger partial charge in [0.15, 0.2) is 17.7 Å². The van der Waals surface area contributed by atoms with E-state index in [9.17, 15) is 23.4 Å². The van der Waals surface area contributed by atoms with Crippen molar-refractivity contribution in [2.24, 2.45) is 11.7 Å². The normalized spacial score (nSPS) is 26.1. The number of carbonyl (C=O) groups is 1. The van der Waals surface area contributed by atoms with Crippen LogP contribution in [0, 0.1) is 5.92 Å². The van der Waals surface area contributed by atoms with Gasteiger partial charge in [0.05, 0.1) is 12.4 Å². The monoisotopic (exact) mass is 458 g/mol. The number of nitrogen functional groups attached to an aromatic ring is 1. The van der Waals surface area contributed by atoms with E-state index in [-0.39, 0.29) is 22.9 Å². The van der Waals surface area contributed by atoms with Crippen molar-refractivity contribution in [2.45, 2.75) is 50.8 Å². The smallest absolute Gasteiger partial charge is 0.301 e. The first-order valence-electron chi connectivity index (χ1n) is 9.57. The molecule has 6 atom stereocenters. The van der Waals surface area contributed by atoms with Crippen molar-refractivity contribution in [3.63, 3.8) is 0 Å². The Morgan fingerprint density at radius 2 is 2.03 bits per heavy atom. The number of nitrogens with zero attached hydrogens (tertiary/aromatic N) is 4. The number of hydrogen-bond acceptors (Lipinski definition) is 11. The van der Waals surface area contributed by atoms with Crippen molar-refractivity contribution in [1.82, 2.24) is 29.0 Å². The Bertz CT molecular complexity index is 1050. The highest BCUT2D eigenvalue weighted by atomic mass is 32.2. The Labute approximate surface area is 178 Å². The van der Waals surface area contributed by atoms with E-state index >= 15 is 0 Å². The summed E-state index contributed by atoms with van der Waals surface area (Å²) < 4.78 is 35.3. The average molecular weight is 459 g/mol. The van der Waals surface area contributed by atoms with E-state index in [1.165, 1.54) is 17.2 Å².